The molecule has 0 aliphatic carbocycles. The van der Waals surface area contributed by atoms with Crippen LogP contribution in [0.2, 0.25) is 5.02 Å². The number of nitrogens with one attached hydrogen (secondary N) is 2. The molecule has 1 atom stereocenters. The third-order valence-corrected chi connectivity index (χ3v) is 4.93. The third kappa shape index (κ3) is 4.23. The minimum atomic E-state index is -0.336. The molecule has 31 heavy (non-hydrogen) atoms. The molecular formula is C21H22ClN7O2. The van der Waals surface area contributed by atoms with E-state index >= 15 is 0 Å². The molecule has 10 heteroatoms. The van der Waals surface area contributed by atoms with Crippen molar-refractivity contribution in [2.24, 2.45) is 5.73 Å². The second-order valence-electron chi connectivity index (χ2n) is 7.28. The number of ether oxygens (including phenoxy) is 1. The van der Waals surface area contributed by atoms with Crippen LogP contribution in [-0.4, -0.2) is 45.0 Å². The number of anilines is 2. The lowest BCUT2D eigenvalue weighted by molar-refractivity contribution is 0.102. The van der Waals surface area contributed by atoms with E-state index in [-0.39, 0.29) is 18.0 Å². The number of carbonyl (C=O) groups excluding carboxylic acids is 1. The van der Waals surface area contributed by atoms with E-state index in [1.807, 2.05) is 26.1 Å². The first kappa shape index (κ1) is 20.8. The maximum absolute atomic E-state index is 13.1. The molecule has 9 nitrogen and oxygen atoms in total. The van der Waals surface area contributed by atoms with Gasteiger partial charge in [-0.15, -0.1) is 0 Å². The predicted molar refractivity (Wildman–Crippen MR) is 121 cm³/mol. The number of rotatable bonds is 6. The van der Waals surface area contributed by atoms with E-state index in [2.05, 4.69) is 25.6 Å². The molecule has 4 N–H and O–H groups in total. The number of amides is 1. The summed E-state index contributed by atoms with van der Waals surface area (Å²) in [7, 11) is 1.48. The van der Waals surface area contributed by atoms with E-state index in [1.54, 1.807) is 28.9 Å². The molecule has 0 bridgehead atoms. The fourth-order valence-electron chi connectivity index (χ4n) is 3.26. The SMILES string of the molecule is COc1ncc2c(NC[C@@H](C)N)ccc(C(=O)Nc3cc(Cl)c4nc(C)cn4c3)c2n1. The van der Waals surface area contributed by atoms with Crippen LogP contribution in [-0.2, 0) is 0 Å². The van der Waals surface area contributed by atoms with Crippen molar-refractivity contribution in [1.29, 1.82) is 0 Å². The first-order valence-electron chi connectivity index (χ1n) is 9.65. The van der Waals surface area contributed by atoms with Gasteiger partial charge in [0.2, 0.25) is 0 Å². The quantitative estimate of drug-likeness (QED) is 0.421. The Labute approximate surface area is 183 Å². The maximum Gasteiger partial charge on any atom is 0.316 e. The van der Waals surface area contributed by atoms with Gasteiger partial charge < -0.3 is 25.5 Å². The molecule has 0 spiro atoms. The second-order valence-corrected chi connectivity index (χ2v) is 7.69. The number of benzene rings is 1. The van der Waals surface area contributed by atoms with E-state index < -0.39 is 0 Å². The monoisotopic (exact) mass is 439 g/mol. The number of carbonyl (C=O) groups is 1. The number of methoxy groups -OCH3 is 1. The Balaban J connectivity index is 1.72. The van der Waals surface area contributed by atoms with Crippen LogP contribution in [0, 0.1) is 6.92 Å². The zero-order valence-corrected chi connectivity index (χ0v) is 18.1. The summed E-state index contributed by atoms with van der Waals surface area (Å²) in [6.07, 6.45) is 5.22. The first-order valence-corrected chi connectivity index (χ1v) is 10.0. The average molecular weight is 440 g/mol. The summed E-state index contributed by atoms with van der Waals surface area (Å²) >= 11 is 6.33. The molecule has 3 aromatic heterocycles. The van der Waals surface area contributed by atoms with Crippen LogP contribution in [0.1, 0.15) is 23.0 Å². The Hall–Kier alpha value is -3.43. The highest BCUT2D eigenvalue weighted by Gasteiger charge is 2.17. The number of imidazole rings is 1. The fraction of sp³-hybridized carbons (Fsp3) is 0.238. The second kappa shape index (κ2) is 8.37. The number of halogens is 1. The third-order valence-electron chi connectivity index (χ3n) is 4.65. The van der Waals surface area contributed by atoms with Crippen molar-refractivity contribution >= 4 is 45.4 Å². The molecule has 1 aromatic carbocycles. The van der Waals surface area contributed by atoms with Crippen LogP contribution in [0.25, 0.3) is 16.6 Å². The van der Waals surface area contributed by atoms with Crippen LogP contribution in [0.4, 0.5) is 11.4 Å². The first-order chi connectivity index (χ1) is 14.9. The largest absolute Gasteiger partial charge is 0.467 e. The summed E-state index contributed by atoms with van der Waals surface area (Å²) in [6, 6.07) is 5.31. The summed E-state index contributed by atoms with van der Waals surface area (Å²) in [5.41, 5.74) is 9.47. The van der Waals surface area contributed by atoms with Gasteiger partial charge in [0.15, 0.2) is 5.65 Å². The smallest absolute Gasteiger partial charge is 0.316 e. The summed E-state index contributed by atoms with van der Waals surface area (Å²) < 4.78 is 6.93. The fourth-order valence-corrected chi connectivity index (χ4v) is 3.51. The van der Waals surface area contributed by atoms with E-state index in [0.717, 1.165) is 11.4 Å². The van der Waals surface area contributed by atoms with Gasteiger partial charge in [0, 0.05) is 42.3 Å². The highest BCUT2D eigenvalue weighted by atomic mass is 35.5. The number of hydrogen-bond donors (Lipinski definition) is 3. The molecule has 3 heterocycles. The number of nitrogens with two attached hydrogens (primary N) is 1. The van der Waals surface area contributed by atoms with E-state index in [0.29, 0.717) is 39.4 Å². The molecular weight excluding hydrogens is 418 g/mol. The van der Waals surface area contributed by atoms with Crippen LogP contribution in [0.15, 0.2) is 36.8 Å². The van der Waals surface area contributed by atoms with Gasteiger partial charge in [-0.3, -0.25) is 4.79 Å². The van der Waals surface area contributed by atoms with Crippen LogP contribution in [0.5, 0.6) is 6.01 Å². The van der Waals surface area contributed by atoms with Crippen molar-refractivity contribution in [3.05, 3.63) is 53.1 Å². The highest BCUT2D eigenvalue weighted by Crippen LogP contribution is 2.28. The van der Waals surface area contributed by atoms with E-state index in [1.165, 1.54) is 7.11 Å². The Bertz CT molecular complexity index is 1290. The van der Waals surface area contributed by atoms with Crippen molar-refractivity contribution in [2.75, 3.05) is 24.3 Å². The van der Waals surface area contributed by atoms with Crippen LogP contribution >= 0.6 is 11.6 Å². The van der Waals surface area contributed by atoms with Gasteiger partial charge in [-0.2, -0.15) is 4.98 Å². The Morgan fingerprint density at radius 3 is 2.87 bits per heavy atom. The average Bonchev–Trinajstić information content (AvgIpc) is 3.12. The number of fused-ring (bicyclic) bond motifs is 2. The van der Waals surface area contributed by atoms with Gasteiger partial charge in [-0.1, -0.05) is 11.6 Å². The molecule has 4 aromatic rings. The topological polar surface area (TPSA) is 119 Å². The minimum absolute atomic E-state index is 0.0383. The standard InChI is InChI=1S/C21H22ClN7O2/c1-11(23)7-24-17-5-4-14(18-15(17)8-25-21(28-18)31-3)20(30)27-13-6-16(22)19-26-12(2)9-29(19)10-13/h4-6,8-11,24H,7,23H2,1-3H3,(H,27,30)/t11-/m1/s1. The number of nitrogens with zero attached hydrogens (tertiary/aromatic N) is 4. The predicted octanol–water partition coefficient (Wildman–Crippen LogP) is 3.26. The van der Waals surface area contributed by atoms with Gasteiger partial charge in [-0.25, -0.2) is 9.97 Å². The van der Waals surface area contributed by atoms with Crippen molar-refractivity contribution < 1.29 is 9.53 Å². The number of aromatic nitrogens is 4. The van der Waals surface area contributed by atoms with Gasteiger partial charge in [0.05, 0.1) is 34.6 Å². The van der Waals surface area contributed by atoms with Gasteiger partial charge in [-0.05, 0) is 32.0 Å². The highest BCUT2D eigenvalue weighted by molar-refractivity contribution is 6.33. The number of pyridine rings is 1. The Morgan fingerprint density at radius 1 is 1.32 bits per heavy atom. The zero-order valence-electron chi connectivity index (χ0n) is 17.3. The Kier molecular flexibility index (Phi) is 5.62. The lowest BCUT2D eigenvalue weighted by atomic mass is 10.1. The molecule has 0 radical (unpaired) electrons. The lowest BCUT2D eigenvalue weighted by Gasteiger charge is -2.14. The molecule has 4 rings (SSSR count). The Morgan fingerprint density at radius 2 is 2.13 bits per heavy atom. The number of hydrogen-bond acceptors (Lipinski definition) is 7. The number of aryl methyl sites for hydroxylation is 1. The molecule has 1 amide bonds. The molecule has 0 unspecified atom stereocenters. The maximum atomic E-state index is 13.1. The van der Waals surface area contributed by atoms with E-state index in [4.69, 9.17) is 22.1 Å². The summed E-state index contributed by atoms with van der Waals surface area (Å²) in [4.78, 5) is 26.1. The molecule has 0 aliphatic rings. The normalized spacial score (nSPS) is 12.2. The molecule has 0 aliphatic heterocycles. The van der Waals surface area contributed by atoms with Gasteiger partial charge in [0.25, 0.3) is 5.91 Å². The van der Waals surface area contributed by atoms with Gasteiger partial charge >= 0.3 is 6.01 Å². The zero-order chi connectivity index (χ0) is 22.1. The summed E-state index contributed by atoms with van der Waals surface area (Å²) in [5, 5.41) is 7.28. The van der Waals surface area contributed by atoms with Crippen LogP contribution < -0.4 is 21.1 Å². The lowest BCUT2D eigenvalue weighted by Crippen LogP contribution is -2.25. The molecule has 0 saturated heterocycles. The van der Waals surface area contributed by atoms with Crippen molar-refractivity contribution in [2.45, 2.75) is 19.9 Å². The van der Waals surface area contributed by atoms with E-state index in [9.17, 15) is 4.79 Å². The molecule has 160 valence electrons. The summed E-state index contributed by atoms with van der Waals surface area (Å²) in [5.74, 6) is -0.336. The van der Waals surface area contributed by atoms with Crippen LogP contribution in [0.3, 0.4) is 0 Å². The molecule has 0 fully saturated rings. The van der Waals surface area contributed by atoms with Crippen molar-refractivity contribution in [3.63, 3.8) is 0 Å². The summed E-state index contributed by atoms with van der Waals surface area (Å²) in [6.45, 7) is 4.34. The van der Waals surface area contributed by atoms with Crippen molar-refractivity contribution in [1.82, 2.24) is 19.4 Å². The van der Waals surface area contributed by atoms with Gasteiger partial charge in [0.1, 0.15) is 0 Å². The minimum Gasteiger partial charge on any atom is -0.467 e. The molecule has 0 saturated carbocycles. The van der Waals surface area contributed by atoms with Crippen molar-refractivity contribution in [3.8, 4) is 6.01 Å².